The van der Waals surface area contributed by atoms with Gasteiger partial charge >= 0.3 is 0 Å². The van der Waals surface area contributed by atoms with E-state index in [0.717, 1.165) is 33.9 Å². The van der Waals surface area contributed by atoms with Gasteiger partial charge in [-0.25, -0.2) is 4.98 Å². The van der Waals surface area contributed by atoms with Crippen LogP contribution < -0.4 is 20.2 Å². The summed E-state index contributed by atoms with van der Waals surface area (Å²) in [5, 5.41) is 4.86. The van der Waals surface area contributed by atoms with Crippen molar-refractivity contribution in [3.63, 3.8) is 0 Å². The van der Waals surface area contributed by atoms with Gasteiger partial charge in [0.25, 0.3) is 0 Å². The zero-order chi connectivity index (χ0) is 42.5. The number of aromatic nitrogens is 2. The minimum atomic E-state index is -2.36. The van der Waals surface area contributed by atoms with Crippen molar-refractivity contribution < 1.29 is 21.1 Å². The maximum atomic E-state index is 4.94. The van der Waals surface area contributed by atoms with E-state index in [-0.39, 0.29) is 31.9 Å². The van der Waals surface area contributed by atoms with Crippen molar-refractivity contribution >= 4 is 63.0 Å². The predicted octanol–water partition coefficient (Wildman–Crippen LogP) is 13.3. The summed E-state index contributed by atoms with van der Waals surface area (Å²) in [6.45, 7) is 18.6. The second-order valence-corrected chi connectivity index (χ2v) is 23.3. The number of pyridine rings is 1. The summed E-state index contributed by atoms with van der Waals surface area (Å²) in [5.41, 5.74) is 15.5. The number of benzene rings is 7. The summed E-state index contributed by atoms with van der Waals surface area (Å²) in [6, 6.07) is 65.6. The first kappa shape index (κ1) is 41.0. The van der Waals surface area contributed by atoms with Gasteiger partial charge < -0.3 is 14.4 Å². The molecule has 7 aromatic carbocycles. The van der Waals surface area contributed by atoms with Gasteiger partial charge in [0.05, 0.1) is 8.07 Å². The number of rotatable bonds is 6. The van der Waals surface area contributed by atoms with Crippen molar-refractivity contribution in [1.29, 1.82) is 0 Å². The maximum absolute atomic E-state index is 4.94. The fraction of sp³-hybridized carbons (Fsp3) is 0.158. The molecule has 9 aromatic rings. The quantitative estimate of drug-likeness (QED) is 0.123. The van der Waals surface area contributed by atoms with Gasteiger partial charge in [0.15, 0.2) is 0 Å². The van der Waals surface area contributed by atoms with E-state index in [4.69, 9.17) is 4.98 Å². The third-order valence-corrected chi connectivity index (χ3v) is 16.8. The van der Waals surface area contributed by atoms with Gasteiger partial charge in [-0.05, 0) is 69.0 Å². The summed E-state index contributed by atoms with van der Waals surface area (Å²) < 4.78 is 2.31. The van der Waals surface area contributed by atoms with Crippen molar-refractivity contribution in [2.75, 3.05) is 9.80 Å². The Kier molecular flexibility index (Phi) is 9.82. The molecule has 63 heavy (non-hydrogen) atoms. The van der Waals surface area contributed by atoms with Gasteiger partial charge in [0, 0.05) is 66.4 Å². The fourth-order valence-electron chi connectivity index (χ4n) is 9.97. The molecule has 0 saturated carbocycles. The second kappa shape index (κ2) is 15.1. The molecule has 0 amide bonds. The van der Waals surface area contributed by atoms with Gasteiger partial charge in [-0.2, -0.15) is 52.8 Å². The van der Waals surface area contributed by atoms with Crippen LogP contribution in [0.2, 0.25) is 13.1 Å². The number of fused-ring (bicyclic) bond motifs is 7. The topological polar surface area (TPSA) is 24.3 Å². The minimum absolute atomic E-state index is 0. The molecule has 1 aliphatic carbocycles. The Morgan fingerprint density at radius 1 is 0.619 bits per heavy atom. The third kappa shape index (κ3) is 6.46. The molecule has 2 aliphatic rings. The molecule has 3 heterocycles. The summed E-state index contributed by atoms with van der Waals surface area (Å²) >= 11 is 0. The average Bonchev–Trinajstić information content (AvgIpc) is 3.92. The van der Waals surface area contributed by atoms with Crippen LogP contribution in [0.4, 0.5) is 22.7 Å². The van der Waals surface area contributed by atoms with Crippen LogP contribution in [-0.4, -0.2) is 17.6 Å². The zero-order valence-electron chi connectivity index (χ0n) is 36.8. The zero-order valence-corrected chi connectivity index (χ0v) is 40.0. The summed E-state index contributed by atoms with van der Waals surface area (Å²) in [4.78, 5) is 9.71. The number of hydrogen-bond acceptors (Lipinski definition) is 3. The van der Waals surface area contributed by atoms with Gasteiger partial charge in [-0.3, -0.25) is 0 Å². The van der Waals surface area contributed by atoms with Crippen molar-refractivity contribution in [1.82, 2.24) is 9.55 Å². The first-order valence-corrected chi connectivity index (χ1v) is 24.7. The van der Waals surface area contributed by atoms with Gasteiger partial charge in [0.2, 0.25) is 0 Å². The van der Waals surface area contributed by atoms with Crippen molar-refractivity contribution in [3.8, 4) is 28.1 Å². The second-order valence-electron chi connectivity index (χ2n) is 19.0. The van der Waals surface area contributed by atoms with E-state index < -0.39 is 8.07 Å². The summed E-state index contributed by atoms with van der Waals surface area (Å²) in [7, 11) is -2.36. The first-order valence-electron chi connectivity index (χ1n) is 21.7. The van der Waals surface area contributed by atoms with Crippen LogP contribution >= 0.6 is 0 Å². The van der Waals surface area contributed by atoms with Crippen molar-refractivity contribution in [3.05, 3.63) is 199 Å². The van der Waals surface area contributed by atoms with Crippen molar-refractivity contribution in [2.45, 2.75) is 58.5 Å². The molecular formula is C57H49N4PtSi-3. The Bertz CT molecular complexity index is 3230. The van der Waals surface area contributed by atoms with Gasteiger partial charge in [-0.1, -0.05) is 150 Å². The van der Waals surface area contributed by atoms with E-state index in [1.165, 1.54) is 65.8 Å². The third-order valence-electron chi connectivity index (χ3n) is 13.5. The molecule has 0 spiro atoms. The van der Waals surface area contributed by atoms with E-state index in [2.05, 4.69) is 239 Å². The Balaban J connectivity index is 0.00000471. The molecule has 0 unspecified atom stereocenters. The Hall–Kier alpha value is -6.00. The monoisotopic (exact) mass is 1010 g/mol. The largest absolute Gasteiger partial charge is 0.493 e. The van der Waals surface area contributed by atoms with Gasteiger partial charge in [0.1, 0.15) is 5.82 Å². The van der Waals surface area contributed by atoms with Crippen LogP contribution in [0.5, 0.6) is 0 Å². The molecule has 0 fully saturated rings. The number of hydrogen-bond donors (Lipinski definition) is 0. The Labute approximate surface area is 387 Å². The molecule has 2 aromatic heterocycles. The molecule has 1 aliphatic heterocycles. The molecule has 0 bridgehead atoms. The fourth-order valence-corrected chi connectivity index (χ4v) is 12.1. The standard InChI is InChI=1S/C57H49N4Si.Pt/c1-56(2,3)39-32-33-58-53(34-39)61-49-25-14-12-22-44(49)45-29-28-42(36-52(45)61)62(6,7)41-21-17-20-40(35-41)59-37-60(51-27-16-15-26-50(51)59)55-43(38-18-9-8-10-19-38)30-31-48-54(55)46-23-11-13-24-47(46)57(48,4)5;/h8-34,37H,1-7H3;/q-3;. The molecular weight excluding hydrogens is 964 g/mol. The number of para-hydroxylation sites is 3. The Morgan fingerprint density at radius 2 is 1.32 bits per heavy atom. The van der Waals surface area contributed by atoms with E-state index >= 15 is 0 Å². The molecule has 0 saturated heterocycles. The number of nitrogens with zero attached hydrogens (tertiary/aromatic N) is 4. The van der Waals surface area contributed by atoms with Crippen LogP contribution in [-0.2, 0) is 31.9 Å². The minimum Gasteiger partial charge on any atom is -0.493 e. The van der Waals surface area contributed by atoms with Crippen LogP contribution in [0.15, 0.2) is 164 Å². The van der Waals surface area contributed by atoms with Crippen LogP contribution in [0.1, 0.15) is 51.3 Å². The molecule has 0 radical (unpaired) electrons. The average molecular weight is 1010 g/mol. The Morgan fingerprint density at radius 3 is 2.11 bits per heavy atom. The van der Waals surface area contributed by atoms with E-state index in [1.54, 1.807) is 0 Å². The van der Waals surface area contributed by atoms with Crippen molar-refractivity contribution in [2.24, 2.45) is 0 Å². The van der Waals surface area contributed by atoms with Gasteiger partial charge in [-0.15, -0.1) is 17.7 Å². The van der Waals surface area contributed by atoms with E-state index in [9.17, 15) is 0 Å². The first-order chi connectivity index (χ1) is 29.9. The smallest absolute Gasteiger partial charge is 0.135 e. The summed E-state index contributed by atoms with van der Waals surface area (Å²) in [6.07, 6.45) is 1.95. The van der Waals surface area contributed by atoms with Crippen LogP contribution in [0, 0.1) is 18.8 Å². The SMILES string of the molecule is CC(C)(C)c1ccnc(-n2c3[c-]c([Si](C)(C)c4[c-]c(N5[CH-]N(c6c(-c7ccccc7)ccc7c6-c6ccccc6C7(C)C)c6ccccc65)ccc4)ccc3c3ccccc32)c1.[Pt]. The molecule has 314 valence electrons. The normalized spacial score (nSPS) is 14.1. The maximum Gasteiger partial charge on any atom is 0.135 e. The predicted molar refractivity (Wildman–Crippen MR) is 263 cm³/mol. The van der Waals surface area contributed by atoms with E-state index in [1.807, 2.05) is 6.20 Å². The van der Waals surface area contributed by atoms with Crippen LogP contribution in [0.3, 0.4) is 0 Å². The molecule has 6 heteroatoms. The molecule has 11 rings (SSSR count). The molecule has 0 atom stereocenters. The molecule has 4 nitrogen and oxygen atoms in total. The molecule has 0 N–H and O–H groups in total. The number of anilines is 4. The van der Waals surface area contributed by atoms with E-state index in [0.29, 0.717) is 0 Å². The summed E-state index contributed by atoms with van der Waals surface area (Å²) in [5.74, 6) is 0.921. The van der Waals surface area contributed by atoms with Crippen LogP contribution in [0.25, 0.3) is 49.9 Å².